The lowest BCUT2D eigenvalue weighted by Gasteiger charge is -2.20. The summed E-state index contributed by atoms with van der Waals surface area (Å²) in [4.78, 5) is 106. The van der Waals surface area contributed by atoms with Crippen LogP contribution in [0.4, 0.5) is 90.7 Å². The van der Waals surface area contributed by atoms with Gasteiger partial charge in [0.05, 0.1) is 144 Å². The summed E-state index contributed by atoms with van der Waals surface area (Å²) < 4.78 is 134. The number of hydrogen-bond donors (Lipinski definition) is 10. The van der Waals surface area contributed by atoms with Gasteiger partial charge in [0.25, 0.3) is 0 Å². The second-order valence-corrected chi connectivity index (χ2v) is 40.5. The summed E-state index contributed by atoms with van der Waals surface area (Å²) in [5.74, 6) is -0.292. The van der Waals surface area contributed by atoms with Gasteiger partial charge in [-0.3, -0.25) is 24.0 Å². The summed E-state index contributed by atoms with van der Waals surface area (Å²) in [6.07, 6.45) is -9.37. The molecule has 0 saturated carbocycles. The van der Waals surface area contributed by atoms with E-state index in [0.717, 1.165) is 114 Å². The number of sulfonamides is 1. The Bertz CT molecular complexity index is 7000. The molecule has 0 atom stereocenters. The van der Waals surface area contributed by atoms with Crippen molar-refractivity contribution in [1.29, 1.82) is 0 Å². The number of benzene rings is 5. The van der Waals surface area contributed by atoms with Crippen LogP contribution in [0.1, 0.15) is 102 Å². The molecule has 11 heterocycles. The molecule has 0 aliphatic carbocycles. The molecule has 137 heavy (non-hydrogen) atoms. The van der Waals surface area contributed by atoms with E-state index in [9.17, 15) is 58.7 Å². The van der Waals surface area contributed by atoms with Crippen LogP contribution in [0, 0.1) is 55.4 Å². The Kier molecular flexibility index (Phi) is 34.1. The maximum absolute atomic E-state index is 12.9. The Morgan fingerprint density at radius 1 is 0.423 bits per heavy atom. The molecule has 720 valence electrons. The Balaban J connectivity index is 0.000000154. The summed E-state index contributed by atoms with van der Waals surface area (Å²) in [7, 11) is -0.517. The average Bonchev–Trinajstić information content (AvgIpc) is 1.75. The predicted molar refractivity (Wildman–Crippen MR) is 529 cm³/mol. The Hall–Kier alpha value is -13.0. The second-order valence-electron chi connectivity index (χ2n) is 28.6. The molecule has 0 fully saturated rings. The molecule has 51 heteroatoms. The molecule has 13 N–H and O–H groups in total. The van der Waals surface area contributed by atoms with Gasteiger partial charge in [0, 0.05) is 70.5 Å². The number of thiazole rings is 10. The summed E-state index contributed by atoms with van der Waals surface area (Å²) in [5, 5.41) is 36.9. The van der Waals surface area contributed by atoms with Gasteiger partial charge in [-0.25, -0.2) is 58.3 Å². The highest BCUT2D eigenvalue weighted by Gasteiger charge is 2.34. The lowest BCUT2D eigenvalue weighted by Crippen LogP contribution is -2.30. The largest absolute Gasteiger partial charge is 0.573 e. The number of nitrogens with zero attached hydrogens (tertiary/aromatic N) is 11. The summed E-state index contributed by atoms with van der Waals surface area (Å²) in [5.41, 5.74) is 26.5. The van der Waals surface area contributed by atoms with Crippen LogP contribution >= 0.6 is 113 Å². The molecule has 16 rings (SSSR count). The summed E-state index contributed by atoms with van der Waals surface area (Å²) in [6, 6.07) is 22.7. The van der Waals surface area contributed by atoms with Crippen LogP contribution in [0.25, 0.3) is 52.9 Å². The monoisotopic (exact) mass is 2090 g/mol. The number of fused-ring (bicyclic) bond motifs is 1. The van der Waals surface area contributed by atoms with Gasteiger partial charge < -0.3 is 82.8 Å². The standard InChI is InChI=1S/C20H25N5O4S3.C17H15F3N4O2S2.C17H16N4O3S2.C16H13F3N4O2S2.C16H16N4O2S2/c1-6-25(7-2)32(27,28)14-8-9-17(29-5)15(10-14)23-19-24-16(11-30-19)18-12(3)21-20(31-18)22-13(4)26;1-8-14(28-9(2)22-8)12-6-27-16(24-12)23-11-5-10(15(21)25)3-4-13(11)26-7-17(18,19)20;1-9-15(26-17(18-9)19-10(2)22)12-8-25-16(21-12)20-11-4-3-5-13-14(11)24-7-6-23-13;1-7-13(27-8(2)21-7)11-6-26-15(23-11)22-10-5-9(14(20)24)3-4-12(10)25-16(17,18)19;1-8-14(24-9(2)18-8)12-7-23-16(20-12)19-11-6-10(15(17)21)4-5-13(11)22-3/h8-11H,6-7H2,1-5H3,(H,23,24)(H,21,22,26);3-6H,7H2,1-2H3,(H2,21,25)(H,23,24);3-5,8H,6-7H2,1-2H3,(H,20,21)(H,18,19,22);3-6H,1-2H3,(H2,20,24)(H,22,23);4-7H,1-3H3,(H2,17,21)(H,19,20). The predicted octanol–water partition coefficient (Wildman–Crippen LogP) is 21.4. The van der Waals surface area contributed by atoms with Crippen LogP contribution < -0.4 is 82.8 Å². The zero-order chi connectivity index (χ0) is 99.1. The highest BCUT2D eigenvalue weighted by atomic mass is 32.2. The molecule has 5 amide bonds. The fourth-order valence-corrected chi connectivity index (χ4v) is 22.6. The first-order chi connectivity index (χ1) is 65.0. The molecular weight excluding hydrogens is 2000 g/mol. The summed E-state index contributed by atoms with van der Waals surface area (Å²) >= 11 is 14.2. The van der Waals surface area contributed by atoms with Gasteiger partial charge in [-0.05, 0) is 140 Å². The number of rotatable bonds is 29. The van der Waals surface area contributed by atoms with E-state index in [0.29, 0.717) is 103 Å². The lowest BCUT2D eigenvalue weighted by atomic mass is 10.2. The molecule has 0 unspecified atom stereocenters. The average molecular weight is 2090 g/mol. The van der Waals surface area contributed by atoms with Gasteiger partial charge in [0.2, 0.25) is 39.6 Å². The third-order valence-electron chi connectivity index (χ3n) is 18.5. The van der Waals surface area contributed by atoms with E-state index in [1.165, 1.54) is 158 Å². The SMILES string of the molecule is CC(=O)Nc1nc(C)c(-c2csc(Nc3cccc4c3OCCO4)n2)s1.CCN(CC)S(=O)(=O)c1ccc(OC)c(Nc2nc(-c3sc(NC(C)=O)nc3C)cs2)c1.COc1ccc(C(N)=O)cc1Nc1nc(-c2sc(C)nc2C)cs1.Cc1nc(C)c(-c2csc(Nc3cc(C(N)=O)ccc3OC(F)(F)F)n2)s1.Cc1nc(C)c(-c2csc(Nc3cc(C(N)=O)ccc3OCC(F)(F)F)n2)s1. The third kappa shape index (κ3) is 27.5. The first-order valence-corrected chi connectivity index (χ1v) is 50.3. The van der Waals surface area contributed by atoms with Crippen LogP contribution in [-0.4, -0.2) is 152 Å². The molecule has 0 saturated heterocycles. The number of aryl methyl sites for hydroxylation is 8. The maximum Gasteiger partial charge on any atom is 0.573 e. The number of primary amides is 3. The number of methoxy groups -OCH3 is 2. The number of nitrogens with one attached hydrogen (secondary N) is 7. The number of nitrogens with two attached hydrogens (primary N) is 3. The first-order valence-electron chi connectivity index (χ1n) is 40.4. The number of alkyl halides is 6. The minimum absolute atomic E-state index is 0.0396. The lowest BCUT2D eigenvalue weighted by molar-refractivity contribution is -0.274. The molecule has 5 aromatic carbocycles. The van der Waals surface area contributed by atoms with Gasteiger partial charge in [0.1, 0.15) is 30.5 Å². The fraction of sp³-hybridized carbons (Fsp3) is 0.244. The van der Waals surface area contributed by atoms with Crippen LogP contribution in [0.15, 0.2) is 123 Å². The number of amides is 5. The van der Waals surface area contributed by atoms with Crippen molar-refractivity contribution in [2.24, 2.45) is 17.2 Å². The zero-order valence-electron chi connectivity index (χ0n) is 74.8. The van der Waals surface area contributed by atoms with E-state index in [1.54, 1.807) is 68.0 Å². The van der Waals surface area contributed by atoms with E-state index in [1.807, 2.05) is 95.1 Å². The fourth-order valence-electron chi connectivity index (χ4n) is 12.6. The third-order valence-corrected chi connectivity index (χ3v) is 29.8. The van der Waals surface area contributed by atoms with E-state index >= 15 is 0 Å². The number of carbonyl (C=O) groups excluding carboxylic acids is 5. The van der Waals surface area contributed by atoms with Crippen molar-refractivity contribution in [3.8, 4) is 87.4 Å². The molecular formula is C86H85F6N21O13S11. The van der Waals surface area contributed by atoms with Crippen LogP contribution in [0.3, 0.4) is 0 Å². The number of aromatic nitrogens is 10. The van der Waals surface area contributed by atoms with Crippen molar-refractivity contribution in [2.75, 3.05) is 84.3 Å². The van der Waals surface area contributed by atoms with Gasteiger partial charge >= 0.3 is 12.5 Å². The van der Waals surface area contributed by atoms with Gasteiger partial charge in [-0.15, -0.1) is 104 Å². The smallest absolute Gasteiger partial charge is 0.495 e. The van der Waals surface area contributed by atoms with Crippen molar-refractivity contribution < 1.29 is 87.2 Å². The zero-order valence-corrected chi connectivity index (χ0v) is 83.8. The van der Waals surface area contributed by atoms with E-state index in [4.69, 9.17) is 40.9 Å². The topological polar surface area (TPSA) is 469 Å². The summed E-state index contributed by atoms with van der Waals surface area (Å²) in [6.45, 7) is 22.1. The Morgan fingerprint density at radius 3 is 1.11 bits per heavy atom. The van der Waals surface area contributed by atoms with Crippen molar-refractivity contribution in [3.63, 3.8) is 0 Å². The minimum atomic E-state index is -4.88. The molecule has 1 aliphatic rings. The van der Waals surface area contributed by atoms with E-state index in [2.05, 4.69) is 91.8 Å². The van der Waals surface area contributed by atoms with E-state index < -0.39 is 52.6 Å². The Morgan fingerprint density at radius 2 is 0.759 bits per heavy atom. The minimum Gasteiger partial charge on any atom is -0.495 e. The molecule has 34 nitrogen and oxygen atoms in total. The second kappa shape index (κ2) is 45.3. The van der Waals surface area contributed by atoms with Crippen molar-refractivity contribution >= 4 is 217 Å². The Labute approximate surface area is 819 Å². The maximum atomic E-state index is 12.9. The van der Waals surface area contributed by atoms with Crippen LogP contribution in [0.5, 0.6) is 34.5 Å². The molecule has 1 aliphatic heterocycles. The number of halogens is 6. The van der Waals surface area contributed by atoms with Gasteiger partial charge in [-0.2, -0.15) is 17.5 Å². The number of para-hydroxylation sites is 1. The molecule has 15 aromatic rings. The van der Waals surface area contributed by atoms with E-state index in [-0.39, 0.29) is 45.0 Å². The number of ether oxygens (including phenoxy) is 6. The molecule has 0 bridgehead atoms. The van der Waals surface area contributed by atoms with Crippen LogP contribution in [0.2, 0.25) is 0 Å². The molecule has 10 aromatic heterocycles. The van der Waals surface area contributed by atoms with Crippen molar-refractivity contribution in [2.45, 2.75) is 101 Å². The number of carbonyl (C=O) groups is 5. The van der Waals surface area contributed by atoms with Gasteiger partial charge in [-0.1, -0.05) is 42.6 Å². The van der Waals surface area contributed by atoms with Gasteiger partial charge in [0.15, 0.2) is 59.8 Å². The number of anilines is 12. The quantitative estimate of drug-likeness (QED) is 0.0195. The molecule has 0 radical (unpaired) electrons. The first kappa shape index (κ1) is 103. The van der Waals surface area contributed by atoms with Crippen molar-refractivity contribution in [1.82, 2.24) is 54.1 Å². The highest BCUT2D eigenvalue weighted by molar-refractivity contribution is 7.89. The molecule has 0 spiro atoms. The normalized spacial score (nSPS) is 11.6. The number of hydrogen-bond acceptors (Lipinski definition) is 38. The van der Waals surface area contributed by atoms with Crippen molar-refractivity contribution in [3.05, 3.63) is 178 Å². The highest BCUT2D eigenvalue weighted by Crippen LogP contribution is 2.45. The van der Waals surface area contributed by atoms with Crippen LogP contribution in [-0.2, 0) is 19.6 Å².